The van der Waals surface area contributed by atoms with Crippen molar-refractivity contribution in [2.75, 3.05) is 26.2 Å². The van der Waals surface area contributed by atoms with Crippen LogP contribution < -0.4 is 5.32 Å². The molecule has 1 saturated heterocycles. The van der Waals surface area contributed by atoms with Crippen molar-refractivity contribution in [3.63, 3.8) is 0 Å². The summed E-state index contributed by atoms with van der Waals surface area (Å²) in [5, 5.41) is 3.48. The predicted molar refractivity (Wildman–Crippen MR) is 66.2 cm³/mol. The highest BCUT2D eigenvalue weighted by Crippen LogP contribution is 2.07. The molecule has 0 aromatic carbocycles. The normalized spacial score (nSPS) is 17.5. The van der Waals surface area contributed by atoms with E-state index >= 15 is 0 Å². The van der Waals surface area contributed by atoms with Crippen LogP contribution in [-0.4, -0.2) is 36.1 Å². The highest BCUT2D eigenvalue weighted by atomic mass is 15.1. The van der Waals surface area contributed by atoms with E-state index in [0.29, 0.717) is 0 Å². The maximum atomic E-state index is 4.01. The Hall–Kier alpha value is -0.930. The fourth-order valence-corrected chi connectivity index (χ4v) is 2.15. The quantitative estimate of drug-likeness (QED) is 0.763. The van der Waals surface area contributed by atoms with Crippen LogP contribution >= 0.6 is 0 Å². The van der Waals surface area contributed by atoms with Crippen LogP contribution in [0.15, 0.2) is 24.5 Å². The molecule has 0 atom stereocenters. The predicted octanol–water partition coefficient (Wildman–Crippen LogP) is 1.66. The number of aromatic nitrogens is 1. The van der Waals surface area contributed by atoms with Crippen molar-refractivity contribution >= 4 is 0 Å². The lowest BCUT2D eigenvalue weighted by Gasteiger charge is -2.26. The molecule has 1 aliphatic heterocycles. The summed E-state index contributed by atoms with van der Waals surface area (Å²) in [6.07, 6.45) is 7.87. The molecular weight excluding hydrogens is 198 g/mol. The molecular formula is C13H21N3. The first-order chi connectivity index (χ1) is 7.95. The molecule has 0 saturated carbocycles. The van der Waals surface area contributed by atoms with Gasteiger partial charge >= 0.3 is 0 Å². The zero-order chi connectivity index (χ0) is 11.1. The minimum atomic E-state index is 0.955. The largest absolute Gasteiger partial charge is 0.311 e. The molecule has 1 aliphatic rings. The molecule has 0 unspecified atom stereocenters. The van der Waals surface area contributed by atoms with E-state index in [0.717, 1.165) is 13.1 Å². The number of nitrogens with zero attached hydrogens (tertiary/aromatic N) is 2. The molecule has 3 heteroatoms. The Balaban J connectivity index is 1.58. The molecule has 88 valence electrons. The Morgan fingerprint density at radius 3 is 2.62 bits per heavy atom. The summed E-state index contributed by atoms with van der Waals surface area (Å²) in [7, 11) is 0. The van der Waals surface area contributed by atoms with Crippen LogP contribution in [0, 0.1) is 0 Å². The minimum Gasteiger partial charge on any atom is -0.311 e. The second-order valence-corrected chi connectivity index (χ2v) is 4.43. The lowest BCUT2D eigenvalue weighted by molar-refractivity contribution is 0.229. The molecule has 16 heavy (non-hydrogen) atoms. The Bertz CT molecular complexity index is 280. The number of piperidine rings is 1. The molecule has 1 N–H and O–H groups in total. The lowest BCUT2D eigenvalue weighted by Crippen LogP contribution is -2.35. The Labute approximate surface area is 97.9 Å². The third-order valence-electron chi connectivity index (χ3n) is 3.13. The zero-order valence-electron chi connectivity index (χ0n) is 9.86. The fraction of sp³-hybridized carbons (Fsp3) is 0.615. The van der Waals surface area contributed by atoms with Gasteiger partial charge in [0.05, 0.1) is 0 Å². The number of rotatable bonds is 5. The maximum Gasteiger partial charge on any atom is 0.0271 e. The number of hydrogen-bond donors (Lipinski definition) is 1. The smallest absolute Gasteiger partial charge is 0.0271 e. The molecule has 0 aliphatic carbocycles. The van der Waals surface area contributed by atoms with Gasteiger partial charge in [-0.25, -0.2) is 0 Å². The van der Waals surface area contributed by atoms with E-state index in [1.54, 1.807) is 0 Å². The molecule has 1 fully saturated rings. The number of likely N-dealkylation sites (tertiary alicyclic amines) is 1. The van der Waals surface area contributed by atoms with E-state index in [1.807, 2.05) is 12.4 Å². The van der Waals surface area contributed by atoms with Gasteiger partial charge in [0.15, 0.2) is 0 Å². The Morgan fingerprint density at radius 1 is 1.12 bits per heavy atom. The van der Waals surface area contributed by atoms with E-state index in [9.17, 15) is 0 Å². The first-order valence-corrected chi connectivity index (χ1v) is 6.27. The summed E-state index contributed by atoms with van der Waals surface area (Å²) >= 11 is 0. The molecule has 2 rings (SSSR count). The first-order valence-electron chi connectivity index (χ1n) is 6.27. The highest BCUT2D eigenvalue weighted by Gasteiger charge is 2.08. The summed E-state index contributed by atoms with van der Waals surface area (Å²) in [6.45, 7) is 5.80. The van der Waals surface area contributed by atoms with Crippen LogP contribution in [0.4, 0.5) is 0 Å². The zero-order valence-corrected chi connectivity index (χ0v) is 9.86. The second kappa shape index (κ2) is 6.61. The highest BCUT2D eigenvalue weighted by molar-refractivity contribution is 5.08. The van der Waals surface area contributed by atoms with Gasteiger partial charge in [-0.1, -0.05) is 6.42 Å². The maximum absolute atomic E-state index is 4.01. The molecule has 2 heterocycles. The summed E-state index contributed by atoms with van der Waals surface area (Å²) in [6, 6.07) is 4.13. The van der Waals surface area contributed by atoms with Crippen molar-refractivity contribution < 1.29 is 0 Å². The Morgan fingerprint density at radius 2 is 1.88 bits per heavy atom. The van der Waals surface area contributed by atoms with Gasteiger partial charge in [-0.05, 0) is 43.6 Å². The van der Waals surface area contributed by atoms with Crippen LogP contribution in [-0.2, 0) is 6.54 Å². The van der Waals surface area contributed by atoms with Crippen LogP contribution in [0.1, 0.15) is 24.8 Å². The second-order valence-electron chi connectivity index (χ2n) is 4.43. The topological polar surface area (TPSA) is 28.2 Å². The molecule has 3 nitrogen and oxygen atoms in total. The van der Waals surface area contributed by atoms with Gasteiger partial charge in [0, 0.05) is 32.0 Å². The van der Waals surface area contributed by atoms with E-state index in [2.05, 4.69) is 27.3 Å². The lowest BCUT2D eigenvalue weighted by atomic mass is 10.1. The van der Waals surface area contributed by atoms with Crippen LogP contribution in [0.25, 0.3) is 0 Å². The summed E-state index contributed by atoms with van der Waals surface area (Å²) in [5.74, 6) is 0. The van der Waals surface area contributed by atoms with E-state index < -0.39 is 0 Å². The Kier molecular flexibility index (Phi) is 4.77. The first kappa shape index (κ1) is 11.6. The molecule has 1 aromatic rings. The van der Waals surface area contributed by atoms with Crippen molar-refractivity contribution in [3.8, 4) is 0 Å². The van der Waals surface area contributed by atoms with E-state index in [-0.39, 0.29) is 0 Å². The number of pyridine rings is 1. The molecule has 1 aromatic heterocycles. The average Bonchev–Trinajstić information content (AvgIpc) is 2.37. The number of nitrogens with one attached hydrogen (secondary N) is 1. The molecule has 0 spiro atoms. The fourth-order valence-electron chi connectivity index (χ4n) is 2.15. The standard InChI is InChI=1S/C13H21N3/c1-2-9-16(10-3-1)11-8-15-12-13-4-6-14-7-5-13/h4-7,15H,1-3,8-12H2. The third-order valence-corrected chi connectivity index (χ3v) is 3.13. The van der Waals surface area contributed by atoms with Gasteiger partial charge in [0.25, 0.3) is 0 Å². The molecule has 0 amide bonds. The summed E-state index contributed by atoms with van der Waals surface area (Å²) in [4.78, 5) is 6.57. The van der Waals surface area contributed by atoms with Crippen molar-refractivity contribution in [2.45, 2.75) is 25.8 Å². The van der Waals surface area contributed by atoms with Gasteiger partial charge in [0.1, 0.15) is 0 Å². The minimum absolute atomic E-state index is 0.955. The van der Waals surface area contributed by atoms with Gasteiger partial charge in [-0.3, -0.25) is 4.98 Å². The molecule has 0 bridgehead atoms. The van der Waals surface area contributed by atoms with Gasteiger partial charge in [-0.15, -0.1) is 0 Å². The van der Waals surface area contributed by atoms with Gasteiger partial charge in [-0.2, -0.15) is 0 Å². The summed E-state index contributed by atoms with van der Waals surface area (Å²) in [5.41, 5.74) is 1.31. The monoisotopic (exact) mass is 219 g/mol. The summed E-state index contributed by atoms with van der Waals surface area (Å²) < 4.78 is 0. The van der Waals surface area contributed by atoms with Crippen molar-refractivity contribution in [1.29, 1.82) is 0 Å². The van der Waals surface area contributed by atoms with Crippen LogP contribution in [0.3, 0.4) is 0 Å². The van der Waals surface area contributed by atoms with Crippen molar-refractivity contribution in [3.05, 3.63) is 30.1 Å². The van der Waals surface area contributed by atoms with Crippen molar-refractivity contribution in [1.82, 2.24) is 15.2 Å². The number of hydrogen-bond acceptors (Lipinski definition) is 3. The SMILES string of the molecule is c1cc(CNCCN2CCCCC2)ccn1. The van der Waals surface area contributed by atoms with Gasteiger partial charge < -0.3 is 10.2 Å². The molecule has 0 radical (unpaired) electrons. The van der Waals surface area contributed by atoms with Crippen LogP contribution in [0.2, 0.25) is 0 Å². The van der Waals surface area contributed by atoms with Gasteiger partial charge in [0.2, 0.25) is 0 Å². The third kappa shape index (κ3) is 3.91. The average molecular weight is 219 g/mol. The van der Waals surface area contributed by atoms with Crippen molar-refractivity contribution in [2.24, 2.45) is 0 Å². The van der Waals surface area contributed by atoms with E-state index in [4.69, 9.17) is 0 Å². The van der Waals surface area contributed by atoms with E-state index in [1.165, 1.54) is 44.5 Å². The van der Waals surface area contributed by atoms with Crippen LogP contribution in [0.5, 0.6) is 0 Å².